The fourth-order valence-corrected chi connectivity index (χ4v) is 3.75. The van der Waals surface area contributed by atoms with E-state index >= 15 is 0 Å². The quantitative estimate of drug-likeness (QED) is 0.578. The van der Waals surface area contributed by atoms with Gasteiger partial charge in [0.05, 0.1) is 19.2 Å². The number of nitrogens with one attached hydrogen (secondary N) is 1. The summed E-state index contributed by atoms with van der Waals surface area (Å²) in [6.07, 6.45) is 0. The first-order chi connectivity index (χ1) is 16.0. The summed E-state index contributed by atoms with van der Waals surface area (Å²) < 4.78 is 29.4. The number of fused-ring (bicyclic) bond motifs is 1. The number of halogens is 1. The van der Waals surface area contributed by atoms with E-state index in [1.54, 1.807) is 49.6 Å². The Labute approximate surface area is 189 Å². The highest BCUT2D eigenvalue weighted by molar-refractivity contribution is 6.36. The number of amides is 2. The molecule has 0 radical (unpaired) electrons. The van der Waals surface area contributed by atoms with Crippen molar-refractivity contribution in [2.24, 2.45) is 0 Å². The van der Waals surface area contributed by atoms with E-state index in [4.69, 9.17) is 14.2 Å². The van der Waals surface area contributed by atoms with Gasteiger partial charge in [0.1, 0.15) is 17.3 Å². The van der Waals surface area contributed by atoms with Crippen LogP contribution in [0.1, 0.15) is 11.1 Å². The Morgan fingerprint density at radius 1 is 0.939 bits per heavy atom. The highest BCUT2D eigenvalue weighted by atomic mass is 19.1. The number of rotatable bonds is 6. The minimum Gasteiger partial charge on any atom is -0.497 e. The number of anilines is 1. The molecule has 1 N–H and O–H groups in total. The molecule has 3 aromatic rings. The molecule has 2 aliphatic rings. The maximum Gasteiger partial charge on any atom is 0.278 e. The number of nitrogens with zero attached hydrogens (tertiary/aromatic N) is 1. The van der Waals surface area contributed by atoms with Crippen molar-refractivity contribution >= 4 is 23.1 Å². The molecule has 0 saturated carbocycles. The van der Waals surface area contributed by atoms with Gasteiger partial charge in [0.15, 0.2) is 11.5 Å². The Bertz CT molecular complexity index is 1270. The van der Waals surface area contributed by atoms with Crippen molar-refractivity contribution in [2.45, 2.75) is 6.54 Å². The lowest BCUT2D eigenvalue weighted by Gasteiger charge is -2.16. The molecule has 2 aliphatic heterocycles. The molecule has 0 aliphatic carbocycles. The summed E-state index contributed by atoms with van der Waals surface area (Å²) in [6, 6.07) is 17.7. The average Bonchev–Trinajstić information content (AvgIpc) is 3.39. The minimum absolute atomic E-state index is 0.0820. The van der Waals surface area contributed by atoms with Crippen LogP contribution in [-0.2, 0) is 16.1 Å². The topological polar surface area (TPSA) is 77.1 Å². The number of hydrogen-bond acceptors (Lipinski definition) is 6. The molecule has 5 rings (SSSR count). The van der Waals surface area contributed by atoms with Crippen molar-refractivity contribution in [3.63, 3.8) is 0 Å². The molecule has 0 fully saturated rings. The van der Waals surface area contributed by atoms with Crippen molar-refractivity contribution in [2.75, 3.05) is 19.2 Å². The second-order valence-electron chi connectivity index (χ2n) is 7.49. The molecule has 8 heteroatoms. The highest BCUT2D eigenvalue weighted by Crippen LogP contribution is 2.37. The van der Waals surface area contributed by atoms with Crippen LogP contribution in [0, 0.1) is 5.82 Å². The third-order valence-corrected chi connectivity index (χ3v) is 5.44. The van der Waals surface area contributed by atoms with Crippen LogP contribution in [0.5, 0.6) is 17.2 Å². The molecule has 0 aromatic heterocycles. The van der Waals surface area contributed by atoms with E-state index in [2.05, 4.69) is 5.32 Å². The lowest BCUT2D eigenvalue weighted by Crippen LogP contribution is -2.32. The van der Waals surface area contributed by atoms with E-state index in [0.717, 1.165) is 10.5 Å². The Morgan fingerprint density at radius 3 is 2.39 bits per heavy atom. The third-order valence-electron chi connectivity index (χ3n) is 5.44. The first-order valence-corrected chi connectivity index (χ1v) is 10.2. The van der Waals surface area contributed by atoms with Gasteiger partial charge >= 0.3 is 0 Å². The smallest absolute Gasteiger partial charge is 0.278 e. The first-order valence-electron chi connectivity index (χ1n) is 10.2. The highest BCUT2D eigenvalue weighted by Gasteiger charge is 2.39. The molecule has 166 valence electrons. The van der Waals surface area contributed by atoms with Gasteiger partial charge in [0.25, 0.3) is 11.8 Å². The van der Waals surface area contributed by atoms with E-state index in [1.807, 2.05) is 0 Å². The molecule has 7 nitrogen and oxygen atoms in total. The van der Waals surface area contributed by atoms with Gasteiger partial charge < -0.3 is 19.5 Å². The van der Waals surface area contributed by atoms with E-state index in [-0.39, 0.29) is 24.6 Å². The molecule has 0 saturated heterocycles. The Morgan fingerprint density at radius 2 is 1.67 bits per heavy atom. The summed E-state index contributed by atoms with van der Waals surface area (Å²) in [6.45, 7) is 0.202. The van der Waals surface area contributed by atoms with E-state index in [1.165, 1.54) is 24.3 Å². The molecule has 0 unspecified atom stereocenters. The van der Waals surface area contributed by atoms with Crippen LogP contribution in [0.25, 0.3) is 5.57 Å². The maximum absolute atomic E-state index is 13.5. The van der Waals surface area contributed by atoms with Gasteiger partial charge in [-0.3, -0.25) is 14.5 Å². The SMILES string of the molecule is COc1ccc(CN2C(=O)C(Nc3ccc4c(c3)OCO4)=C(c3ccc(F)cc3)C2=O)cc1. The van der Waals surface area contributed by atoms with Crippen LogP contribution in [-0.4, -0.2) is 30.6 Å². The predicted molar refractivity (Wildman–Crippen MR) is 118 cm³/mol. The monoisotopic (exact) mass is 446 g/mol. The maximum atomic E-state index is 13.5. The summed E-state index contributed by atoms with van der Waals surface area (Å²) in [5.74, 6) is 0.433. The van der Waals surface area contributed by atoms with E-state index in [9.17, 15) is 14.0 Å². The van der Waals surface area contributed by atoms with E-state index < -0.39 is 17.6 Å². The van der Waals surface area contributed by atoms with Crippen molar-refractivity contribution in [3.8, 4) is 17.2 Å². The standard InChI is InChI=1S/C25H19FN2O5/c1-31-19-9-2-15(3-10-19)13-28-24(29)22(16-4-6-17(26)7-5-16)23(25(28)30)27-18-8-11-20-21(12-18)33-14-32-20/h2-12,27H,13-14H2,1H3. The number of carbonyl (C=O) groups excluding carboxylic acids is 2. The summed E-state index contributed by atoms with van der Waals surface area (Å²) in [7, 11) is 1.56. The molecule has 2 amide bonds. The number of imide groups is 1. The normalized spacial score (nSPS) is 14.8. The van der Waals surface area contributed by atoms with Crippen molar-refractivity contribution in [1.82, 2.24) is 4.90 Å². The van der Waals surface area contributed by atoms with Crippen LogP contribution in [0.3, 0.4) is 0 Å². The second kappa shape index (κ2) is 8.31. The van der Waals surface area contributed by atoms with Crippen LogP contribution in [0.4, 0.5) is 10.1 Å². The van der Waals surface area contributed by atoms with Gasteiger partial charge in [0, 0.05) is 11.8 Å². The minimum atomic E-state index is -0.479. The predicted octanol–water partition coefficient (Wildman–Crippen LogP) is 3.96. The zero-order valence-corrected chi connectivity index (χ0v) is 17.6. The van der Waals surface area contributed by atoms with Gasteiger partial charge in [-0.25, -0.2) is 4.39 Å². The lowest BCUT2D eigenvalue weighted by atomic mass is 10.0. The number of benzene rings is 3. The Kier molecular flexibility index (Phi) is 5.18. The molecular formula is C25H19FN2O5. The molecule has 3 aromatic carbocycles. The molecule has 0 spiro atoms. The average molecular weight is 446 g/mol. The Balaban J connectivity index is 1.50. The Hall–Kier alpha value is -4.33. The molecule has 0 bridgehead atoms. The van der Waals surface area contributed by atoms with Gasteiger partial charge in [0.2, 0.25) is 6.79 Å². The van der Waals surface area contributed by atoms with E-state index in [0.29, 0.717) is 28.5 Å². The van der Waals surface area contributed by atoms with Gasteiger partial charge in [-0.1, -0.05) is 24.3 Å². The fraction of sp³-hybridized carbons (Fsp3) is 0.120. The summed E-state index contributed by atoms with van der Waals surface area (Å²) in [5, 5.41) is 3.07. The summed E-state index contributed by atoms with van der Waals surface area (Å²) in [5.41, 5.74) is 2.04. The molecule has 0 atom stereocenters. The number of methoxy groups -OCH3 is 1. The number of ether oxygens (including phenoxy) is 3. The zero-order chi connectivity index (χ0) is 22.9. The van der Waals surface area contributed by atoms with Gasteiger partial charge in [-0.05, 0) is 47.5 Å². The summed E-state index contributed by atoms with van der Waals surface area (Å²) in [4.78, 5) is 27.9. The number of hydrogen-bond donors (Lipinski definition) is 1. The third kappa shape index (κ3) is 3.87. The number of carbonyl (C=O) groups is 2. The van der Waals surface area contributed by atoms with Gasteiger partial charge in [-0.15, -0.1) is 0 Å². The van der Waals surface area contributed by atoms with Crippen molar-refractivity contribution in [1.29, 1.82) is 0 Å². The molecular weight excluding hydrogens is 427 g/mol. The van der Waals surface area contributed by atoms with Crippen molar-refractivity contribution < 1.29 is 28.2 Å². The van der Waals surface area contributed by atoms with Crippen LogP contribution < -0.4 is 19.5 Å². The largest absolute Gasteiger partial charge is 0.497 e. The van der Waals surface area contributed by atoms with Crippen molar-refractivity contribution in [3.05, 3.63) is 89.4 Å². The van der Waals surface area contributed by atoms with Crippen LogP contribution >= 0.6 is 0 Å². The fourth-order valence-electron chi connectivity index (χ4n) is 3.75. The van der Waals surface area contributed by atoms with Crippen LogP contribution in [0.15, 0.2) is 72.4 Å². The zero-order valence-electron chi connectivity index (χ0n) is 17.6. The first kappa shape index (κ1) is 20.6. The second-order valence-corrected chi connectivity index (χ2v) is 7.49. The van der Waals surface area contributed by atoms with Gasteiger partial charge in [-0.2, -0.15) is 0 Å². The summed E-state index contributed by atoms with van der Waals surface area (Å²) >= 11 is 0. The van der Waals surface area contributed by atoms with Crippen LogP contribution in [0.2, 0.25) is 0 Å². The lowest BCUT2D eigenvalue weighted by molar-refractivity contribution is -0.137. The molecule has 33 heavy (non-hydrogen) atoms. The molecule has 2 heterocycles.